The van der Waals surface area contributed by atoms with Crippen LogP contribution in [0.25, 0.3) is 0 Å². The summed E-state index contributed by atoms with van der Waals surface area (Å²) in [4.78, 5) is 0.294. The van der Waals surface area contributed by atoms with E-state index in [1.807, 2.05) is 6.92 Å². The highest BCUT2D eigenvalue weighted by molar-refractivity contribution is 7.89. The number of hydrogen-bond acceptors (Lipinski definition) is 4. The topological polar surface area (TPSA) is 67.2 Å². The Morgan fingerprint density at radius 3 is 2.68 bits per heavy atom. The highest BCUT2D eigenvalue weighted by Crippen LogP contribution is 2.22. The van der Waals surface area contributed by atoms with Crippen LogP contribution in [0.3, 0.4) is 0 Å². The second-order valence-electron chi connectivity index (χ2n) is 4.95. The standard InChI is InChI=1S/C12H22N4O2S/c1-3-8-16(11-4-6-13-7-5-11)19(17,18)12-9-14-15(2)10-12/h9-11,13H,3-8H2,1-2H3. The SMILES string of the molecule is CCCN(C1CCNCC1)S(=O)(=O)c1cnn(C)c1. The lowest BCUT2D eigenvalue weighted by Crippen LogP contribution is -2.46. The van der Waals surface area contributed by atoms with E-state index in [0.29, 0.717) is 11.4 Å². The van der Waals surface area contributed by atoms with Crippen LogP contribution in [0.4, 0.5) is 0 Å². The minimum absolute atomic E-state index is 0.103. The van der Waals surface area contributed by atoms with E-state index in [9.17, 15) is 8.42 Å². The second kappa shape index (κ2) is 6.02. The molecule has 0 spiro atoms. The van der Waals surface area contributed by atoms with Gasteiger partial charge in [0.1, 0.15) is 4.90 Å². The number of aromatic nitrogens is 2. The van der Waals surface area contributed by atoms with Crippen molar-refractivity contribution >= 4 is 10.0 Å². The maximum absolute atomic E-state index is 12.7. The Morgan fingerprint density at radius 1 is 1.47 bits per heavy atom. The summed E-state index contributed by atoms with van der Waals surface area (Å²) in [6.07, 6.45) is 5.57. The van der Waals surface area contributed by atoms with Crippen molar-refractivity contribution in [3.8, 4) is 0 Å². The minimum atomic E-state index is -3.42. The van der Waals surface area contributed by atoms with Gasteiger partial charge in [0.15, 0.2) is 0 Å². The Balaban J connectivity index is 2.26. The van der Waals surface area contributed by atoms with Gasteiger partial charge in [-0.25, -0.2) is 8.42 Å². The molecule has 0 saturated carbocycles. The van der Waals surface area contributed by atoms with Crippen molar-refractivity contribution in [3.05, 3.63) is 12.4 Å². The molecule has 1 aromatic heterocycles. The summed E-state index contributed by atoms with van der Waals surface area (Å²) in [5, 5.41) is 7.24. The highest BCUT2D eigenvalue weighted by atomic mass is 32.2. The van der Waals surface area contributed by atoms with Gasteiger partial charge >= 0.3 is 0 Å². The Kier molecular flexibility index (Phi) is 4.59. The van der Waals surface area contributed by atoms with Crippen molar-refractivity contribution in [1.29, 1.82) is 0 Å². The summed E-state index contributed by atoms with van der Waals surface area (Å²) in [5.41, 5.74) is 0. The lowest BCUT2D eigenvalue weighted by Gasteiger charge is -2.33. The van der Waals surface area contributed by atoms with Crippen LogP contribution in [-0.2, 0) is 17.1 Å². The smallest absolute Gasteiger partial charge is 0.246 e. The van der Waals surface area contributed by atoms with Crippen LogP contribution >= 0.6 is 0 Å². The Morgan fingerprint density at radius 2 is 2.16 bits per heavy atom. The maximum atomic E-state index is 12.7. The molecule has 108 valence electrons. The first-order valence-corrected chi connectivity index (χ1v) is 8.21. The van der Waals surface area contributed by atoms with Gasteiger partial charge in [-0.2, -0.15) is 9.40 Å². The predicted octanol–water partition coefficient (Wildman–Crippen LogP) is 0.573. The van der Waals surface area contributed by atoms with E-state index in [4.69, 9.17) is 0 Å². The molecular formula is C12H22N4O2S. The molecule has 1 saturated heterocycles. The summed E-state index contributed by atoms with van der Waals surface area (Å²) < 4.78 is 28.6. The van der Waals surface area contributed by atoms with Gasteiger partial charge in [0.05, 0.1) is 6.20 Å². The molecule has 0 aromatic carbocycles. The number of sulfonamides is 1. The molecule has 1 fully saturated rings. The number of nitrogens with one attached hydrogen (secondary N) is 1. The average molecular weight is 286 g/mol. The molecule has 1 N–H and O–H groups in total. The fourth-order valence-electron chi connectivity index (χ4n) is 2.48. The van der Waals surface area contributed by atoms with Crippen LogP contribution in [0, 0.1) is 0 Å². The molecule has 2 rings (SSSR count). The van der Waals surface area contributed by atoms with Crippen molar-refractivity contribution in [2.75, 3.05) is 19.6 Å². The van der Waals surface area contributed by atoms with Crippen molar-refractivity contribution in [2.45, 2.75) is 37.1 Å². The van der Waals surface area contributed by atoms with Crippen molar-refractivity contribution in [2.24, 2.45) is 7.05 Å². The molecular weight excluding hydrogens is 264 g/mol. The third-order valence-electron chi connectivity index (χ3n) is 3.45. The molecule has 1 aromatic rings. The zero-order chi connectivity index (χ0) is 13.9. The fourth-order valence-corrected chi connectivity index (χ4v) is 4.24. The molecule has 19 heavy (non-hydrogen) atoms. The molecule has 0 radical (unpaired) electrons. The number of piperidine rings is 1. The third-order valence-corrected chi connectivity index (χ3v) is 5.35. The molecule has 0 amide bonds. The van der Waals surface area contributed by atoms with Gasteiger partial charge in [-0.15, -0.1) is 0 Å². The van der Waals surface area contributed by atoms with Gasteiger partial charge in [-0.3, -0.25) is 4.68 Å². The van der Waals surface area contributed by atoms with E-state index < -0.39 is 10.0 Å². The van der Waals surface area contributed by atoms with Crippen molar-refractivity contribution in [3.63, 3.8) is 0 Å². The van der Waals surface area contributed by atoms with Crippen LogP contribution in [0.2, 0.25) is 0 Å². The normalized spacial score (nSPS) is 18.1. The summed E-state index contributed by atoms with van der Waals surface area (Å²) >= 11 is 0. The van der Waals surface area contributed by atoms with E-state index in [2.05, 4.69) is 10.4 Å². The molecule has 0 atom stereocenters. The molecule has 7 heteroatoms. The number of aryl methyl sites for hydroxylation is 1. The lowest BCUT2D eigenvalue weighted by molar-refractivity contribution is 0.262. The Hall–Kier alpha value is -0.920. The van der Waals surface area contributed by atoms with E-state index >= 15 is 0 Å². The van der Waals surface area contributed by atoms with Gasteiger partial charge in [0.25, 0.3) is 0 Å². The van der Waals surface area contributed by atoms with E-state index in [1.165, 1.54) is 10.9 Å². The molecule has 6 nitrogen and oxygen atoms in total. The molecule has 0 unspecified atom stereocenters. The van der Waals surface area contributed by atoms with Gasteiger partial charge < -0.3 is 5.32 Å². The quantitative estimate of drug-likeness (QED) is 0.859. The number of hydrogen-bond donors (Lipinski definition) is 1. The second-order valence-corrected chi connectivity index (χ2v) is 6.84. The third kappa shape index (κ3) is 3.16. The van der Waals surface area contributed by atoms with Gasteiger partial charge in [-0.1, -0.05) is 6.92 Å². The van der Waals surface area contributed by atoms with E-state index in [1.54, 1.807) is 17.5 Å². The van der Waals surface area contributed by atoms with Crippen LogP contribution < -0.4 is 5.32 Å². The first-order valence-electron chi connectivity index (χ1n) is 6.77. The van der Waals surface area contributed by atoms with Crippen LogP contribution in [-0.4, -0.2) is 48.2 Å². The predicted molar refractivity (Wildman–Crippen MR) is 73.3 cm³/mol. The Bertz CT molecular complexity index is 506. The van der Waals surface area contributed by atoms with E-state index in [0.717, 1.165) is 32.4 Å². The van der Waals surface area contributed by atoms with Crippen LogP contribution in [0.5, 0.6) is 0 Å². The van der Waals surface area contributed by atoms with E-state index in [-0.39, 0.29) is 6.04 Å². The van der Waals surface area contributed by atoms with Gasteiger partial charge in [-0.05, 0) is 32.4 Å². The van der Waals surface area contributed by atoms with Gasteiger partial charge in [0, 0.05) is 25.8 Å². The van der Waals surface area contributed by atoms with Crippen LogP contribution in [0.15, 0.2) is 17.3 Å². The fraction of sp³-hybridized carbons (Fsp3) is 0.750. The van der Waals surface area contributed by atoms with Crippen LogP contribution in [0.1, 0.15) is 26.2 Å². The minimum Gasteiger partial charge on any atom is -0.317 e. The molecule has 1 aliphatic rings. The number of nitrogens with zero attached hydrogens (tertiary/aromatic N) is 3. The lowest BCUT2D eigenvalue weighted by atomic mass is 10.1. The summed E-state index contributed by atoms with van der Waals surface area (Å²) in [7, 11) is -1.69. The monoisotopic (exact) mass is 286 g/mol. The van der Waals surface area contributed by atoms with Crippen molar-refractivity contribution in [1.82, 2.24) is 19.4 Å². The summed E-state index contributed by atoms with van der Waals surface area (Å²) in [6.45, 7) is 4.34. The first-order chi connectivity index (χ1) is 9.05. The van der Waals surface area contributed by atoms with Gasteiger partial charge in [0.2, 0.25) is 10.0 Å². The zero-order valence-electron chi connectivity index (χ0n) is 11.5. The number of rotatable bonds is 5. The largest absolute Gasteiger partial charge is 0.317 e. The maximum Gasteiger partial charge on any atom is 0.246 e. The molecule has 0 aliphatic carbocycles. The summed E-state index contributed by atoms with van der Waals surface area (Å²) in [5.74, 6) is 0. The Labute approximate surface area is 114 Å². The zero-order valence-corrected chi connectivity index (χ0v) is 12.4. The summed E-state index contributed by atoms with van der Waals surface area (Å²) in [6, 6.07) is 0.103. The molecule has 1 aliphatic heterocycles. The first kappa shape index (κ1) is 14.5. The molecule has 0 bridgehead atoms. The van der Waals surface area contributed by atoms with Crippen molar-refractivity contribution < 1.29 is 8.42 Å². The molecule has 2 heterocycles. The average Bonchev–Trinajstić information content (AvgIpc) is 2.84. The highest BCUT2D eigenvalue weighted by Gasteiger charge is 2.32.